The molecule has 0 aromatic heterocycles. The number of benzene rings is 1. The van der Waals surface area contributed by atoms with Crippen LogP contribution in [0.25, 0.3) is 0 Å². The SMILES string of the molecule is COCCOCc1cccc(NC(C)C(OC)OC)c1. The van der Waals surface area contributed by atoms with Crippen molar-refractivity contribution < 1.29 is 18.9 Å². The summed E-state index contributed by atoms with van der Waals surface area (Å²) in [5, 5.41) is 3.36. The van der Waals surface area contributed by atoms with E-state index < -0.39 is 0 Å². The maximum absolute atomic E-state index is 5.51. The van der Waals surface area contributed by atoms with Gasteiger partial charge in [0, 0.05) is 27.0 Å². The van der Waals surface area contributed by atoms with E-state index in [1.165, 1.54) is 0 Å². The number of methoxy groups -OCH3 is 3. The molecular formula is C15H25NO4. The highest BCUT2D eigenvalue weighted by atomic mass is 16.7. The predicted molar refractivity (Wildman–Crippen MR) is 78.9 cm³/mol. The molecular weight excluding hydrogens is 258 g/mol. The van der Waals surface area contributed by atoms with Gasteiger partial charge in [-0.1, -0.05) is 12.1 Å². The minimum Gasteiger partial charge on any atom is -0.382 e. The largest absolute Gasteiger partial charge is 0.382 e. The number of hydrogen-bond donors (Lipinski definition) is 1. The molecule has 0 radical (unpaired) electrons. The molecule has 5 nitrogen and oxygen atoms in total. The summed E-state index contributed by atoms with van der Waals surface area (Å²) < 4.78 is 20.9. The molecule has 0 aliphatic rings. The number of rotatable bonds is 10. The van der Waals surface area contributed by atoms with Crippen LogP contribution >= 0.6 is 0 Å². The van der Waals surface area contributed by atoms with Crippen LogP contribution in [0.2, 0.25) is 0 Å². The van der Waals surface area contributed by atoms with E-state index in [0.29, 0.717) is 19.8 Å². The fourth-order valence-corrected chi connectivity index (χ4v) is 1.92. The van der Waals surface area contributed by atoms with Gasteiger partial charge in [0.25, 0.3) is 0 Å². The van der Waals surface area contributed by atoms with Crippen molar-refractivity contribution in [3.8, 4) is 0 Å². The van der Waals surface area contributed by atoms with E-state index in [1.54, 1.807) is 21.3 Å². The third-order valence-corrected chi connectivity index (χ3v) is 2.89. The molecule has 0 aliphatic carbocycles. The summed E-state index contributed by atoms with van der Waals surface area (Å²) in [5.41, 5.74) is 2.13. The van der Waals surface area contributed by atoms with Crippen LogP contribution in [-0.2, 0) is 25.6 Å². The quantitative estimate of drug-likeness (QED) is 0.527. The fraction of sp³-hybridized carbons (Fsp3) is 0.600. The first-order valence-corrected chi connectivity index (χ1v) is 6.69. The van der Waals surface area contributed by atoms with Crippen LogP contribution in [0, 0.1) is 0 Å². The van der Waals surface area contributed by atoms with E-state index in [9.17, 15) is 0 Å². The van der Waals surface area contributed by atoms with Crippen LogP contribution in [0.1, 0.15) is 12.5 Å². The van der Waals surface area contributed by atoms with Gasteiger partial charge in [-0.3, -0.25) is 0 Å². The molecule has 1 aromatic rings. The van der Waals surface area contributed by atoms with Gasteiger partial charge in [-0.05, 0) is 24.6 Å². The molecule has 0 saturated carbocycles. The highest BCUT2D eigenvalue weighted by Crippen LogP contribution is 2.14. The highest BCUT2D eigenvalue weighted by Gasteiger charge is 2.15. The van der Waals surface area contributed by atoms with Crippen LogP contribution in [0.5, 0.6) is 0 Å². The van der Waals surface area contributed by atoms with Gasteiger partial charge in [-0.25, -0.2) is 0 Å². The van der Waals surface area contributed by atoms with E-state index in [1.807, 2.05) is 25.1 Å². The van der Waals surface area contributed by atoms with E-state index in [2.05, 4.69) is 11.4 Å². The van der Waals surface area contributed by atoms with Crippen molar-refractivity contribution in [3.05, 3.63) is 29.8 Å². The molecule has 114 valence electrons. The second-order valence-electron chi connectivity index (χ2n) is 4.52. The number of anilines is 1. The summed E-state index contributed by atoms with van der Waals surface area (Å²) >= 11 is 0. The number of hydrogen-bond acceptors (Lipinski definition) is 5. The summed E-state index contributed by atoms with van der Waals surface area (Å²) in [6.07, 6.45) is -0.281. The van der Waals surface area contributed by atoms with Crippen LogP contribution in [0.15, 0.2) is 24.3 Å². The normalized spacial score (nSPS) is 12.7. The van der Waals surface area contributed by atoms with Crippen LogP contribution < -0.4 is 5.32 Å². The van der Waals surface area contributed by atoms with Gasteiger partial charge in [-0.15, -0.1) is 0 Å². The van der Waals surface area contributed by atoms with E-state index in [4.69, 9.17) is 18.9 Å². The lowest BCUT2D eigenvalue weighted by Crippen LogP contribution is -2.33. The highest BCUT2D eigenvalue weighted by molar-refractivity contribution is 5.46. The van der Waals surface area contributed by atoms with Gasteiger partial charge < -0.3 is 24.3 Å². The minimum absolute atomic E-state index is 0.0506. The average Bonchev–Trinajstić information content (AvgIpc) is 2.45. The first-order chi connectivity index (χ1) is 9.71. The Morgan fingerprint density at radius 2 is 1.85 bits per heavy atom. The molecule has 1 N–H and O–H groups in total. The Morgan fingerprint density at radius 3 is 2.50 bits per heavy atom. The predicted octanol–water partition coefficient (Wildman–Crippen LogP) is 2.27. The average molecular weight is 283 g/mol. The zero-order chi connectivity index (χ0) is 14.8. The molecule has 1 unspecified atom stereocenters. The summed E-state index contributed by atoms with van der Waals surface area (Å²) in [6, 6.07) is 8.16. The lowest BCUT2D eigenvalue weighted by atomic mass is 10.2. The Morgan fingerprint density at radius 1 is 1.10 bits per heavy atom. The van der Waals surface area contributed by atoms with E-state index in [0.717, 1.165) is 11.3 Å². The summed E-state index contributed by atoms with van der Waals surface area (Å²) in [7, 11) is 4.93. The van der Waals surface area contributed by atoms with Crippen molar-refractivity contribution in [2.24, 2.45) is 0 Å². The van der Waals surface area contributed by atoms with Crippen LogP contribution in [0.3, 0.4) is 0 Å². The maximum atomic E-state index is 5.51. The van der Waals surface area contributed by atoms with Gasteiger partial charge >= 0.3 is 0 Å². The lowest BCUT2D eigenvalue weighted by molar-refractivity contribution is -0.109. The monoisotopic (exact) mass is 283 g/mol. The molecule has 1 aromatic carbocycles. The third-order valence-electron chi connectivity index (χ3n) is 2.89. The molecule has 0 amide bonds. The lowest BCUT2D eigenvalue weighted by Gasteiger charge is -2.23. The van der Waals surface area contributed by atoms with Crippen molar-refractivity contribution in [2.75, 3.05) is 39.9 Å². The molecule has 0 bridgehead atoms. The molecule has 5 heteroatoms. The standard InChI is InChI=1S/C15H25NO4/c1-12(15(18-3)19-4)16-14-7-5-6-13(10-14)11-20-9-8-17-2/h5-7,10,12,15-16H,8-9,11H2,1-4H3. The zero-order valence-electron chi connectivity index (χ0n) is 12.7. The van der Waals surface area contributed by atoms with Crippen LogP contribution in [0.4, 0.5) is 5.69 Å². The van der Waals surface area contributed by atoms with Crippen molar-refractivity contribution in [1.29, 1.82) is 0 Å². The molecule has 1 rings (SSSR count). The second-order valence-corrected chi connectivity index (χ2v) is 4.52. The zero-order valence-corrected chi connectivity index (χ0v) is 12.7. The van der Waals surface area contributed by atoms with E-state index in [-0.39, 0.29) is 12.3 Å². The molecule has 0 aliphatic heterocycles. The summed E-state index contributed by atoms with van der Waals surface area (Å²) in [4.78, 5) is 0. The van der Waals surface area contributed by atoms with Gasteiger partial charge in [-0.2, -0.15) is 0 Å². The number of nitrogens with one attached hydrogen (secondary N) is 1. The Bertz CT molecular complexity index is 369. The Kier molecular flexibility index (Phi) is 8.22. The molecule has 0 spiro atoms. The van der Waals surface area contributed by atoms with Gasteiger partial charge in [0.15, 0.2) is 6.29 Å². The van der Waals surface area contributed by atoms with Crippen LogP contribution in [-0.4, -0.2) is 46.9 Å². The van der Waals surface area contributed by atoms with Crippen molar-refractivity contribution >= 4 is 5.69 Å². The first kappa shape index (κ1) is 16.9. The number of ether oxygens (including phenoxy) is 4. The molecule has 0 heterocycles. The fourth-order valence-electron chi connectivity index (χ4n) is 1.92. The van der Waals surface area contributed by atoms with E-state index >= 15 is 0 Å². The summed E-state index contributed by atoms with van der Waals surface area (Å²) in [5.74, 6) is 0. The molecule has 0 saturated heterocycles. The Balaban J connectivity index is 2.50. The second kappa shape index (κ2) is 9.72. The van der Waals surface area contributed by atoms with Gasteiger partial charge in [0.05, 0.1) is 25.9 Å². The minimum atomic E-state index is -0.281. The Hall–Kier alpha value is -1.14. The maximum Gasteiger partial charge on any atom is 0.176 e. The smallest absolute Gasteiger partial charge is 0.176 e. The first-order valence-electron chi connectivity index (χ1n) is 6.69. The third kappa shape index (κ3) is 5.88. The topological polar surface area (TPSA) is 49.0 Å². The molecule has 1 atom stereocenters. The van der Waals surface area contributed by atoms with Crippen molar-refractivity contribution in [2.45, 2.75) is 25.9 Å². The van der Waals surface area contributed by atoms with Crippen molar-refractivity contribution in [3.63, 3.8) is 0 Å². The summed E-state index contributed by atoms with van der Waals surface area (Å²) in [6.45, 7) is 3.79. The molecule has 0 fully saturated rings. The van der Waals surface area contributed by atoms with Crippen molar-refractivity contribution in [1.82, 2.24) is 0 Å². The Labute approximate surface area is 121 Å². The van der Waals surface area contributed by atoms with Gasteiger partial charge in [0.1, 0.15) is 0 Å². The van der Waals surface area contributed by atoms with Gasteiger partial charge in [0.2, 0.25) is 0 Å². The molecule has 20 heavy (non-hydrogen) atoms.